The number of aliphatic imine (C=N–C) groups is 1. The van der Waals surface area contributed by atoms with Crippen LogP contribution in [-0.4, -0.2) is 54.4 Å². The summed E-state index contributed by atoms with van der Waals surface area (Å²) in [7, 11) is 4.17. The van der Waals surface area contributed by atoms with Gasteiger partial charge >= 0.3 is 0 Å². The molecule has 2 N–H and O–H groups in total. The Kier molecular flexibility index (Phi) is 8.43. The SMILES string of the molecule is CN(C)Cc1ccccc1CN=C(N)N1CCSCC1.I. The molecule has 1 aromatic rings. The smallest absolute Gasteiger partial charge is 0.191 e. The predicted octanol–water partition coefficient (Wildman–Crippen LogP) is 2.23. The largest absolute Gasteiger partial charge is 0.370 e. The molecule has 1 fully saturated rings. The Bertz CT molecular complexity index is 459. The second kappa shape index (κ2) is 9.53. The van der Waals surface area contributed by atoms with E-state index in [1.807, 2.05) is 11.8 Å². The summed E-state index contributed by atoms with van der Waals surface area (Å²) in [5.41, 5.74) is 8.69. The number of thioether (sulfide) groups is 1. The van der Waals surface area contributed by atoms with Crippen molar-refractivity contribution in [1.29, 1.82) is 0 Å². The molecule has 0 amide bonds. The van der Waals surface area contributed by atoms with Gasteiger partial charge in [0, 0.05) is 31.1 Å². The maximum Gasteiger partial charge on any atom is 0.191 e. The van der Waals surface area contributed by atoms with E-state index >= 15 is 0 Å². The number of benzene rings is 1. The summed E-state index contributed by atoms with van der Waals surface area (Å²) >= 11 is 1.98. The monoisotopic (exact) mass is 420 g/mol. The molecule has 0 aromatic heterocycles. The Morgan fingerprint density at radius 3 is 2.48 bits per heavy atom. The van der Waals surface area contributed by atoms with Gasteiger partial charge in [-0.1, -0.05) is 24.3 Å². The molecule has 118 valence electrons. The van der Waals surface area contributed by atoms with E-state index in [2.05, 4.69) is 53.2 Å². The molecule has 21 heavy (non-hydrogen) atoms. The standard InChI is InChI=1S/C15H24N4S.HI/c1-18(2)12-14-6-4-3-5-13(14)11-17-15(16)19-7-9-20-10-8-19;/h3-6H,7-12H2,1-2H3,(H2,16,17);1H. The summed E-state index contributed by atoms with van der Waals surface area (Å²) in [5.74, 6) is 2.98. The lowest BCUT2D eigenvalue weighted by atomic mass is 10.1. The first kappa shape index (κ1) is 18.6. The van der Waals surface area contributed by atoms with Gasteiger partial charge in [0.15, 0.2) is 5.96 Å². The average Bonchev–Trinajstić information content (AvgIpc) is 2.46. The van der Waals surface area contributed by atoms with Crippen LogP contribution < -0.4 is 5.73 Å². The Balaban J connectivity index is 0.00000220. The molecule has 1 aromatic carbocycles. The van der Waals surface area contributed by atoms with E-state index in [0.29, 0.717) is 12.5 Å². The molecule has 2 rings (SSSR count). The Morgan fingerprint density at radius 1 is 1.24 bits per heavy atom. The first-order valence-electron chi connectivity index (χ1n) is 7.01. The highest BCUT2D eigenvalue weighted by Gasteiger charge is 2.12. The van der Waals surface area contributed by atoms with Crippen molar-refractivity contribution in [2.75, 3.05) is 38.7 Å². The quantitative estimate of drug-likeness (QED) is 0.461. The van der Waals surface area contributed by atoms with Gasteiger partial charge in [0.1, 0.15) is 0 Å². The fourth-order valence-corrected chi connectivity index (χ4v) is 3.17. The molecule has 0 aliphatic carbocycles. The minimum absolute atomic E-state index is 0. The van der Waals surface area contributed by atoms with Gasteiger partial charge < -0.3 is 15.5 Å². The second-order valence-electron chi connectivity index (χ2n) is 5.28. The lowest BCUT2D eigenvalue weighted by Crippen LogP contribution is -2.42. The minimum Gasteiger partial charge on any atom is -0.370 e. The fraction of sp³-hybridized carbons (Fsp3) is 0.533. The molecule has 1 heterocycles. The third-order valence-corrected chi connectivity index (χ3v) is 4.29. The van der Waals surface area contributed by atoms with E-state index in [4.69, 9.17) is 5.73 Å². The van der Waals surface area contributed by atoms with E-state index < -0.39 is 0 Å². The summed E-state index contributed by atoms with van der Waals surface area (Å²) < 4.78 is 0. The van der Waals surface area contributed by atoms with Crippen LogP contribution in [0.25, 0.3) is 0 Å². The molecule has 1 aliphatic heterocycles. The molecule has 0 unspecified atom stereocenters. The number of rotatable bonds is 4. The maximum atomic E-state index is 6.10. The normalized spacial score (nSPS) is 16.0. The van der Waals surface area contributed by atoms with E-state index in [-0.39, 0.29) is 24.0 Å². The lowest BCUT2D eigenvalue weighted by molar-refractivity contribution is 0.401. The van der Waals surface area contributed by atoms with Crippen molar-refractivity contribution in [3.63, 3.8) is 0 Å². The summed E-state index contributed by atoms with van der Waals surface area (Å²) in [6.45, 7) is 3.63. The van der Waals surface area contributed by atoms with Crippen LogP contribution in [0.1, 0.15) is 11.1 Å². The van der Waals surface area contributed by atoms with E-state index in [1.165, 1.54) is 11.1 Å². The number of nitrogens with zero attached hydrogens (tertiary/aromatic N) is 3. The number of guanidine groups is 1. The van der Waals surface area contributed by atoms with Gasteiger partial charge in [0.25, 0.3) is 0 Å². The highest BCUT2D eigenvalue weighted by molar-refractivity contribution is 14.0. The molecule has 0 bridgehead atoms. The highest BCUT2D eigenvalue weighted by Crippen LogP contribution is 2.13. The van der Waals surface area contributed by atoms with Crippen LogP contribution >= 0.6 is 35.7 Å². The van der Waals surface area contributed by atoms with Gasteiger partial charge in [-0.15, -0.1) is 24.0 Å². The van der Waals surface area contributed by atoms with Crippen molar-refractivity contribution in [3.8, 4) is 0 Å². The molecule has 1 saturated heterocycles. The van der Waals surface area contributed by atoms with Crippen molar-refractivity contribution in [2.24, 2.45) is 10.7 Å². The third kappa shape index (κ3) is 6.04. The van der Waals surface area contributed by atoms with Gasteiger partial charge in [-0.3, -0.25) is 0 Å². The summed E-state index contributed by atoms with van der Waals surface area (Å²) in [6.07, 6.45) is 0. The van der Waals surface area contributed by atoms with Crippen LogP contribution in [0.3, 0.4) is 0 Å². The molecular weight excluding hydrogens is 395 g/mol. The Hall–Kier alpha value is -0.470. The zero-order chi connectivity index (χ0) is 14.4. The summed E-state index contributed by atoms with van der Waals surface area (Å²) in [5, 5.41) is 0. The molecule has 0 saturated carbocycles. The molecule has 0 spiro atoms. The number of halogens is 1. The molecule has 0 atom stereocenters. The number of nitrogens with two attached hydrogens (primary N) is 1. The molecule has 6 heteroatoms. The van der Waals surface area contributed by atoms with E-state index in [9.17, 15) is 0 Å². The third-order valence-electron chi connectivity index (χ3n) is 3.35. The molecular formula is C15H25IN4S. The first-order chi connectivity index (χ1) is 9.66. The molecule has 1 aliphatic rings. The molecule has 4 nitrogen and oxygen atoms in total. The van der Waals surface area contributed by atoms with Crippen molar-refractivity contribution in [3.05, 3.63) is 35.4 Å². The topological polar surface area (TPSA) is 44.9 Å². The average molecular weight is 420 g/mol. The van der Waals surface area contributed by atoms with Crippen molar-refractivity contribution in [2.45, 2.75) is 13.1 Å². The van der Waals surface area contributed by atoms with Gasteiger partial charge in [0.2, 0.25) is 0 Å². The predicted molar refractivity (Wildman–Crippen MR) is 103 cm³/mol. The van der Waals surface area contributed by atoms with Crippen molar-refractivity contribution in [1.82, 2.24) is 9.80 Å². The lowest BCUT2D eigenvalue weighted by Gasteiger charge is -2.27. The minimum atomic E-state index is 0. The second-order valence-corrected chi connectivity index (χ2v) is 6.51. The van der Waals surface area contributed by atoms with Gasteiger partial charge in [0.05, 0.1) is 6.54 Å². The Labute approximate surface area is 149 Å². The van der Waals surface area contributed by atoms with Gasteiger partial charge in [-0.25, -0.2) is 4.99 Å². The van der Waals surface area contributed by atoms with Crippen molar-refractivity contribution < 1.29 is 0 Å². The number of hydrogen-bond acceptors (Lipinski definition) is 3. The van der Waals surface area contributed by atoms with Crippen molar-refractivity contribution >= 4 is 41.7 Å². The van der Waals surface area contributed by atoms with E-state index in [1.54, 1.807) is 0 Å². The van der Waals surface area contributed by atoms with E-state index in [0.717, 1.165) is 31.1 Å². The summed E-state index contributed by atoms with van der Waals surface area (Å²) in [6, 6.07) is 8.45. The van der Waals surface area contributed by atoms with Crippen LogP contribution in [0.4, 0.5) is 0 Å². The maximum absolute atomic E-state index is 6.10. The first-order valence-corrected chi connectivity index (χ1v) is 8.16. The van der Waals surface area contributed by atoms with Crippen LogP contribution in [0.5, 0.6) is 0 Å². The summed E-state index contributed by atoms with van der Waals surface area (Å²) in [4.78, 5) is 8.94. The zero-order valence-electron chi connectivity index (χ0n) is 12.8. The fourth-order valence-electron chi connectivity index (χ4n) is 2.27. The van der Waals surface area contributed by atoms with Crippen LogP contribution in [0.15, 0.2) is 29.3 Å². The van der Waals surface area contributed by atoms with Crippen LogP contribution in [0, 0.1) is 0 Å². The highest BCUT2D eigenvalue weighted by atomic mass is 127. The van der Waals surface area contributed by atoms with Gasteiger partial charge in [-0.05, 0) is 25.2 Å². The van der Waals surface area contributed by atoms with Crippen LogP contribution in [0.2, 0.25) is 0 Å². The van der Waals surface area contributed by atoms with Crippen LogP contribution in [-0.2, 0) is 13.1 Å². The Morgan fingerprint density at radius 2 is 1.86 bits per heavy atom. The number of hydrogen-bond donors (Lipinski definition) is 1. The zero-order valence-corrected chi connectivity index (χ0v) is 15.9. The van der Waals surface area contributed by atoms with Gasteiger partial charge in [-0.2, -0.15) is 11.8 Å². The molecule has 0 radical (unpaired) electrons.